The molecule has 1 atom stereocenters. The van der Waals surface area contributed by atoms with E-state index in [1.165, 1.54) is 0 Å². The van der Waals surface area contributed by atoms with Crippen LogP contribution < -0.4 is 0 Å². The van der Waals surface area contributed by atoms with E-state index in [0.717, 1.165) is 35.5 Å². The Hall–Kier alpha value is -2.77. The van der Waals surface area contributed by atoms with Crippen molar-refractivity contribution in [2.45, 2.75) is 39.7 Å². The summed E-state index contributed by atoms with van der Waals surface area (Å²) >= 11 is 0. The average molecular weight is 339 g/mol. The smallest absolute Gasteiger partial charge is 0.294 e. The third kappa shape index (κ3) is 2.57. The second-order valence-electron chi connectivity index (χ2n) is 6.69. The highest BCUT2D eigenvalue weighted by Crippen LogP contribution is 2.34. The first-order valence-electron chi connectivity index (χ1n) is 8.46. The highest BCUT2D eigenvalue weighted by Gasteiger charge is 2.34. The summed E-state index contributed by atoms with van der Waals surface area (Å²) in [4.78, 5) is 23.6. The molecule has 0 N–H and O–H groups in total. The van der Waals surface area contributed by atoms with Gasteiger partial charge in [0.1, 0.15) is 0 Å². The second-order valence-corrected chi connectivity index (χ2v) is 6.69. The zero-order valence-corrected chi connectivity index (χ0v) is 14.9. The Kier molecular flexibility index (Phi) is 3.55. The maximum absolute atomic E-state index is 13.0. The van der Waals surface area contributed by atoms with E-state index in [9.17, 15) is 4.79 Å². The van der Waals surface area contributed by atoms with Gasteiger partial charge in [0, 0.05) is 36.7 Å². The lowest BCUT2D eigenvalue weighted by molar-refractivity contribution is 0.0723. The first-order chi connectivity index (χ1) is 11.9. The van der Waals surface area contributed by atoms with Crippen molar-refractivity contribution in [3.63, 3.8) is 0 Å². The molecular weight excluding hydrogens is 318 g/mol. The van der Waals surface area contributed by atoms with Crippen LogP contribution in [-0.2, 0) is 7.05 Å². The summed E-state index contributed by atoms with van der Waals surface area (Å²) < 4.78 is 3.42. The van der Waals surface area contributed by atoms with Gasteiger partial charge in [-0.05, 0) is 39.7 Å². The van der Waals surface area contributed by atoms with Crippen molar-refractivity contribution in [2.75, 3.05) is 6.54 Å². The third-order valence-electron chi connectivity index (χ3n) is 4.73. The Labute approximate surface area is 145 Å². The Balaban J connectivity index is 1.70. The van der Waals surface area contributed by atoms with Crippen LogP contribution in [0.4, 0.5) is 0 Å². The van der Waals surface area contributed by atoms with E-state index in [1.807, 2.05) is 45.0 Å². The molecule has 0 aromatic carbocycles. The van der Waals surface area contributed by atoms with Crippen molar-refractivity contribution in [1.82, 2.24) is 34.3 Å². The number of likely N-dealkylation sites (tertiary alicyclic amines) is 1. The van der Waals surface area contributed by atoms with Gasteiger partial charge in [0.2, 0.25) is 5.82 Å². The van der Waals surface area contributed by atoms with Gasteiger partial charge in [0.05, 0.1) is 11.7 Å². The van der Waals surface area contributed by atoms with Gasteiger partial charge in [-0.1, -0.05) is 0 Å². The molecule has 1 aliphatic heterocycles. The predicted molar refractivity (Wildman–Crippen MR) is 91.2 cm³/mol. The Morgan fingerprint density at radius 2 is 2.00 bits per heavy atom. The van der Waals surface area contributed by atoms with E-state index in [0.29, 0.717) is 12.3 Å². The summed E-state index contributed by atoms with van der Waals surface area (Å²) in [7, 11) is 1.90. The van der Waals surface area contributed by atoms with Crippen LogP contribution in [0.5, 0.6) is 0 Å². The molecule has 0 aliphatic carbocycles. The summed E-state index contributed by atoms with van der Waals surface area (Å²) in [5, 5.41) is 8.80. The first kappa shape index (κ1) is 15.7. The normalized spacial score (nSPS) is 17.6. The molecule has 3 aromatic heterocycles. The molecule has 1 fully saturated rings. The van der Waals surface area contributed by atoms with Gasteiger partial charge in [0.25, 0.3) is 11.7 Å². The lowest BCUT2D eigenvalue weighted by Crippen LogP contribution is -2.31. The predicted octanol–water partition coefficient (Wildman–Crippen LogP) is 1.76. The van der Waals surface area contributed by atoms with Gasteiger partial charge in [0.15, 0.2) is 0 Å². The van der Waals surface area contributed by atoms with Gasteiger partial charge in [-0.15, -0.1) is 5.10 Å². The van der Waals surface area contributed by atoms with Crippen LogP contribution >= 0.6 is 0 Å². The summed E-state index contributed by atoms with van der Waals surface area (Å²) in [6.07, 6.45) is 3.90. The lowest BCUT2D eigenvalue weighted by atomic mass is 10.1. The van der Waals surface area contributed by atoms with E-state index in [1.54, 1.807) is 9.20 Å². The maximum Gasteiger partial charge on any atom is 0.294 e. The molecule has 0 radical (unpaired) electrons. The average Bonchev–Trinajstić information content (AvgIpc) is 3.24. The topological polar surface area (TPSA) is 81.2 Å². The zero-order chi connectivity index (χ0) is 17.7. The van der Waals surface area contributed by atoms with Crippen LogP contribution in [0.25, 0.3) is 5.78 Å². The molecule has 1 unspecified atom stereocenters. The SMILES string of the molecule is Cc1cc(C)n2nc(C(=O)N3CCCC3c3cn(C)nc3C)nc2n1. The van der Waals surface area contributed by atoms with E-state index < -0.39 is 0 Å². The maximum atomic E-state index is 13.0. The summed E-state index contributed by atoms with van der Waals surface area (Å²) in [5.41, 5.74) is 3.84. The van der Waals surface area contributed by atoms with Crippen molar-refractivity contribution < 1.29 is 4.79 Å². The number of carbonyl (C=O) groups is 1. The Morgan fingerprint density at radius 1 is 1.20 bits per heavy atom. The zero-order valence-electron chi connectivity index (χ0n) is 14.9. The van der Waals surface area contributed by atoms with Gasteiger partial charge < -0.3 is 4.90 Å². The number of aryl methyl sites for hydroxylation is 4. The molecule has 1 amide bonds. The molecule has 130 valence electrons. The number of aromatic nitrogens is 6. The molecule has 4 rings (SSSR count). The number of fused-ring (bicyclic) bond motifs is 1. The molecular formula is C17H21N7O. The van der Waals surface area contributed by atoms with Gasteiger partial charge >= 0.3 is 0 Å². The molecule has 25 heavy (non-hydrogen) atoms. The highest BCUT2D eigenvalue weighted by atomic mass is 16.2. The number of carbonyl (C=O) groups excluding carboxylic acids is 1. The summed E-state index contributed by atoms with van der Waals surface area (Å²) in [5.74, 6) is 0.525. The molecule has 0 spiro atoms. The van der Waals surface area contributed by atoms with Crippen LogP contribution in [0.3, 0.4) is 0 Å². The number of hydrogen-bond donors (Lipinski definition) is 0. The summed E-state index contributed by atoms with van der Waals surface area (Å²) in [6, 6.07) is 1.96. The number of amides is 1. The monoisotopic (exact) mass is 339 g/mol. The van der Waals surface area contributed by atoms with Crippen molar-refractivity contribution >= 4 is 11.7 Å². The van der Waals surface area contributed by atoms with Gasteiger partial charge in [-0.25, -0.2) is 9.50 Å². The molecule has 1 aliphatic rings. The van der Waals surface area contributed by atoms with Crippen LogP contribution in [0.15, 0.2) is 12.3 Å². The standard InChI is InChI=1S/C17H21N7O/c1-10-8-11(2)24-17(18-10)19-15(21-24)16(25)23-7-5-6-14(23)13-9-22(4)20-12(13)3/h8-9,14H,5-7H2,1-4H3. The van der Waals surface area contributed by atoms with Gasteiger partial charge in [-0.3, -0.25) is 9.48 Å². The fourth-order valence-electron chi connectivity index (χ4n) is 3.66. The molecule has 8 heteroatoms. The second kappa shape index (κ2) is 5.65. The van der Waals surface area contributed by atoms with Crippen LogP contribution in [0.1, 0.15) is 52.1 Å². The van der Waals surface area contributed by atoms with Crippen LogP contribution in [0.2, 0.25) is 0 Å². The largest absolute Gasteiger partial charge is 0.329 e. The van der Waals surface area contributed by atoms with Gasteiger partial charge in [-0.2, -0.15) is 10.1 Å². The van der Waals surface area contributed by atoms with E-state index in [2.05, 4.69) is 20.2 Å². The summed E-state index contributed by atoms with van der Waals surface area (Å²) in [6.45, 7) is 6.53. The quantitative estimate of drug-likeness (QED) is 0.710. The number of hydrogen-bond acceptors (Lipinski definition) is 5. The van der Waals surface area contributed by atoms with E-state index >= 15 is 0 Å². The number of nitrogens with zero attached hydrogens (tertiary/aromatic N) is 7. The minimum atomic E-state index is -0.145. The Morgan fingerprint density at radius 3 is 2.72 bits per heavy atom. The minimum Gasteiger partial charge on any atom is -0.329 e. The molecule has 8 nitrogen and oxygen atoms in total. The van der Waals surface area contributed by atoms with E-state index in [-0.39, 0.29) is 17.8 Å². The van der Waals surface area contributed by atoms with Crippen molar-refractivity contribution in [2.24, 2.45) is 7.05 Å². The van der Waals surface area contributed by atoms with Crippen molar-refractivity contribution in [3.8, 4) is 0 Å². The van der Waals surface area contributed by atoms with Crippen molar-refractivity contribution in [3.05, 3.63) is 40.7 Å². The molecule has 4 heterocycles. The van der Waals surface area contributed by atoms with Crippen LogP contribution in [-0.4, -0.2) is 46.7 Å². The number of rotatable bonds is 2. The molecule has 3 aromatic rings. The molecule has 1 saturated heterocycles. The third-order valence-corrected chi connectivity index (χ3v) is 4.73. The lowest BCUT2D eigenvalue weighted by Gasteiger charge is -2.23. The molecule has 0 bridgehead atoms. The fourth-order valence-corrected chi connectivity index (χ4v) is 3.66. The Bertz CT molecular complexity index is 971. The van der Waals surface area contributed by atoms with Crippen molar-refractivity contribution in [1.29, 1.82) is 0 Å². The van der Waals surface area contributed by atoms with E-state index in [4.69, 9.17) is 0 Å². The first-order valence-corrected chi connectivity index (χ1v) is 8.46. The molecule has 0 saturated carbocycles. The van der Waals surface area contributed by atoms with Crippen LogP contribution in [0, 0.1) is 20.8 Å². The highest BCUT2D eigenvalue weighted by molar-refractivity contribution is 5.91. The minimum absolute atomic E-state index is 0.0311. The fraction of sp³-hybridized carbons (Fsp3) is 0.471.